The number of nitrogens with zero attached hydrogens (tertiary/aromatic N) is 2. The lowest BCUT2D eigenvalue weighted by Gasteiger charge is -2.25. The molecule has 1 aliphatic heterocycles. The summed E-state index contributed by atoms with van der Waals surface area (Å²) in [6.45, 7) is 9.35. The van der Waals surface area contributed by atoms with E-state index < -0.39 is 10.0 Å². The molecule has 0 aromatic heterocycles. The summed E-state index contributed by atoms with van der Waals surface area (Å²) in [4.78, 5) is 13.5. The average molecular weight is 368 g/mol. The topological polar surface area (TPSA) is 66.9 Å². The number of hydrogen-bond acceptors (Lipinski definition) is 4. The fraction of sp³-hybridized carbons (Fsp3) is 0.611. The summed E-state index contributed by atoms with van der Waals surface area (Å²) in [6.07, 6.45) is 0.640. The lowest BCUT2D eigenvalue weighted by molar-refractivity contribution is -0.128. The van der Waals surface area contributed by atoms with Gasteiger partial charge in [0.1, 0.15) is 5.75 Å². The van der Waals surface area contributed by atoms with Crippen LogP contribution in [-0.4, -0.2) is 56.8 Å². The largest absolute Gasteiger partial charge is 0.496 e. The van der Waals surface area contributed by atoms with E-state index in [-0.39, 0.29) is 16.2 Å². The van der Waals surface area contributed by atoms with Crippen LogP contribution in [0.15, 0.2) is 23.1 Å². The molecule has 1 aromatic carbocycles. The summed E-state index contributed by atoms with van der Waals surface area (Å²) in [5, 5.41) is 0. The first-order valence-electron chi connectivity index (χ1n) is 8.51. The zero-order valence-electron chi connectivity index (χ0n) is 15.7. The number of carbonyl (C=O) groups is 1. The van der Waals surface area contributed by atoms with Crippen LogP contribution in [0.25, 0.3) is 0 Å². The molecule has 1 heterocycles. The molecule has 0 atom stereocenters. The van der Waals surface area contributed by atoms with E-state index in [1.165, 1.54) is 11.2 Å². The monoisotopic (exact) mass is 368 g/mol. The number of carbonyl (C=O) groups excluding carboxylic acids is 1. The highest BCUT2D eigenvalue weighted by Gasteiger charge is 2.29. The van der Waals surface area contributed by atoms with Crippen molar-refractivity contribution in [1.82, 2.24) is 9.21 Å². The summed E-state index contributed by atoms with van der Waals surface area (Å²) in [6, 6.07) is 5.02. The molecule has 0 aliphatic carbocycles. The molecule has 2 rings (SSSR count). The van der Waals surface area contributed by atoms with Crippen LogP contribution in [0.4, 0.5) is 0 Å². The Kier molecular flexibility index (Phi) is 5.79. The Balaban J connectivity index is 2.35. The Morgan fingerprint density at radius 2 is 1.80 bits per heavy atom. The molecular formula is C18H28N2O4S. The van der Waals surface area contributed by atoms with Crippen molar-refractivity contribution >= 4 is 15.9 Å². The highest BCUT2D eigenvalue weighted by Crippen LogP contribution is 2.34. The second kappa shape index (κ2) is 7.33. The highest BCUT2D eigenvalue weighted by atomic mass is 32.2. The van der Waals surface area contributed by atoms with Crippen LogP contribution in [0.5, 0.6) is 5.75 Å². The number of methoxy groups -OCH3 is 1. The van der Waals surface area contributed by atoms with Gasteiger partial charge in [0.15, 0.2) is 0 Å². The number of hydrogen-bond donors (Lipinski definition) is 0. The van der Waals surface area contributed by atoms with E-state index in [1.54, 1.807) is 30.2 Å². The van der Waals surface area contributed by atoms with Crippen molar-refractivity contribution in [2.24, 2.45) is 0 Å². The van der Waals surface area contributed by atoms with Crippen molar-refractivity contribution in [1.29, 1.82) is 0 Å². The lowest BCUT2D eigenvalue weighted by atomic mass is 9.86. The molecule has 0 saturated carbocycles. The van der Waals surface area contributed by atoms with Gasteiger partial charge in [-0.05, 0) is 30.0 Å². The van der Waals surface area contributed by atoms with Crippen LogP contribution >= 0.6 is 0 Å². The van der Waals surface area contributed by atoms with Crippen molar-refractivity contribution in [3.8, 4) is 5.75 Å². The van der Waals surface area contributed by atoms with E-state index in [4.69, 9.17) is 4.74 Å². The van der Waals surface area contributed by atoms with Crippen molar-refractivity contribution in [2.45, 2.75) is 44.4 Å². The third kappa shape index (κ3) is 4.33. The third-order valence-electron chi connectivity index (χ3n) is 4.52. The van der Waals surface area contributed by atoms with Gasteiger partial charge in [-0.25, -0.2) is 8.42 Å². The average Bonchev–Trinajstić information content (AvgIpc) is 2.80. The molecule has 140 valence electrons. The first kappa shape index (κ1) is 19.7. The van der Waals surface area contributed by atoms with Gasteiger partial charge < -0.3 is 9.64 Å². The Morgan fingerprint density at radius 1 is 1.12 bits per heavy atom. The van der Waals surface area contributed by atoms with Crippen LogP contribution < -0.4 is 4.74 Å². The van der Waals surface area contributed by atoms with Gasteiger partial charge in [-0.3, -0.25) is 4.79 Å². The Labute approximate surface area is 150 Å². The second-order valence-electron chi connectivity index (χ2n) is 7.38. The fourth-order valence-corrected chi connectivity index (χ4v) is 4.53. The van der Waals surface area contributed by atoms with Crippen LogP contribution in [0.2, 0.25) is 0 Å². The molecule has 1 aromatic rings. The van der Waals surface area contributed by atoms with Crippen molar-refractivity contribution < 1.29 is 17.9 Å². The van der Waals surface area contributed by atoms with E-state index in [2.05, 4.69) is 0 Å². The van der Waals surface area contributed by atoms with Gasteiger partial charge in [-0.2, -0.15) is 4.31 Å². The summed E-state index contributed by atoms with van der Waals surface area (Å²) in [5.41, 5.74) is 0.623. The van der Waals surface area contributed by atoms with Crippen molar-refractivity contribution in [3.63, 3.8) is 0 Å². The highest BCUT2D eigenvalue weighted by molar-refractivity contribution is 7.89. The zero-order chi connectivity index (χ0) is 18.8. The minimum absolute atomic E-state index is 0.0151. The van der Waals surface area contributed by atoms with Gasteiger partial charge >= 0.3 is 0 Å². The lowest BCUT2D eigenvalue weighted by Crippen LogP contribution is -2.36. The predicted molar refractivity (Wildman–Crippen MR) is 97.3 cm³/mol. The van der Waals surface area contributed by atoms with E-state index in [0.717, 1.165) is 5.56 Å². The minimum Gasteiger partial charge on any atom is -0.496 e. The van der Waals surface area contributed by atoms with E-state index in [0.29, 0.717) is 38.3 Å². The normalized spacial score (nSPS) is 17.2. The first-order valence-corrected chi connectivity index (χ1v) is 9.95. The second-order valence-corrected chi connectivity index (χ2v) is 9.31. The molecule has 1 saturated heterocycles. The smallest absolute Gasteiger partial charge is 0.243 e. The van der Waals surface area contributed by atoms with Crippen LogP contribution in [0, 0.1) is 0 Å². The van der Waals surface area contributed by atoms with E-state index in [9.17, 15) is 13.2 Å². The summed E-state index contributed by atoms with van der Waals surface area (Å²) in [7, 11) is -2.02. The molecule has 0 spiro atoms. The summed E-state index contributed by atoms with van der Waals surface area (Å²) < 4.78 is 33.0. The molecule has 1 amide bonds. The summed E-state index contributed by atoms with van der Waals surface area (Å²) >= 11 is 0. The predicted octanol–water partition coefficient (Wildman–Crippen LogP) is 2.24. The number of amides is 1. The maximum Gasteiger partial charge on any atom is 0.243 e. The number of ether oxygens (including phenoxy) is 1. The molecule has 25 heavy (non-hydrogen) atoms. The molecule has 1 fully saturated rings. The Bertz CT molecular complexity index is 738. The maximum absolute atomic E-state index is 13.1. The van der Waals surface area contributed by atoms with Crippen LogP contribution in [0.1, 0.15) is 39.7 Å². The molecule has 0 N–H and O–H groups in total. The van der Waals surface area contributed by atoms with Gasteiger partial charge in [0.25, 0.3) is 0 Å². The van der Waals surface area contributed by atoms with E-state index in [1.807, 2.05) is 20.8 Å². The van der Waals surface area contributed by atoms with Crippen molar-refractivity contribution in [2.75, 3.05) is 33.3 Å². The molecule has 0 radical (unpaired) electrons. The Morgan fingerprint density at radius 3 is 2.36 bits per heavy atom. The molecule has 0 unspecified atom stereocenters. The zero-order valence-corrected chi connectivity index (χ0v) is 16.5. The third-order valence-corrected chi connectivity index (χ3v) is 6.41. The quantitative estimate of drug-likeness (QED) is 0.821. The summed E-state index contributed by atoms with van der Waals surface area (Å²) in [5.74, 6) is 0.670. The van der Waals surface area contributed by atoms with Crippen molar-refractivity contribution in [3.05, 3.63) is 23.8 Å². The van der Waals surface area contributed by atoms with Gasteiger partial charge in [0.05, 0.1) is 12.0 Å². The molecular weight excluding hydrogens is 340 g/mol. The standard InChI is InChI=1S/C18H28N2O4S/c1-14(21)19-9-6-10-20(12-11-19)25(22,23)15-7-8-17(24-5)16(13-15)18(2,3)4/h7-8,13H,6,9-12H2,1-5H3. The van der Waals surface area contributed by atoms with E-state index >= 15 is 0 Å². The number of benzene rings is 1. The van der Waals surface area contributed by atoms with Gasteiger partial charge in [-0.15, -0.1) is 0 Å². The van der Waals surface area contributed by atoms with Gasteiger partial charge in [0.2, 0.25) is 15.9 Å². The molecule has 1 aliphatic rings. The maximum atomic E-state index is 13.1. The molecule has 7 heteroatoms. The molecule has 0 bridgehead atoms. The van der Waals surface area contributed by atoms with Crippen LogP contribution in [-0.2, 0) is 20.2 Å². The first-order chi connectivity index (χ1) is 11.6. The fourth-order valence-electron chi connectivity index (χ4n) is 3.03. The van der Waals surface area contributed by atoms with Gasteiger partial charge in [-0.1, -0.05) is 20.8 Å². The SMILES string of the molecule is COc1ccc(S(=O)(=O)N2CCCN(C(C)=O)CC2)cc1C(C)(C)C. The minimum atomic E-state index is -3.60. The Hall–Kier alpha value is -1.60. The number of sulfonamides is 1. The molecule has 6 nitrogen and oxygen atoms in total. The number of rotatable bonds is 3. The van der Waals surface area contributed by atoms with Crippen LogP contribution in [0.3, 0.4) is 0 Å². The van der Waals surface area contributed by atoms with Gasteiger partial charge in [0, 0.05) is 38.7 Å².